The van der Waals surface area contributed by atoms with Crippen molar-refractivity contribution in [1.29, 1.82) is 0 Å². The largest absolute Gasteiger partial charge is 0.370 e. The van der Waals surface area contributed by atoms with E-state index in [9.17, 15) is 8.42 Å². The lowest BCUT2D eigenvalue weighted by atomic mass is 10.2. The zero-order valence-electron chi connectivity index (χ0n) is 11.2. The fraction of sp³-hybridized carbons (Fsp3) is 0.615. The minimum atomic E-state index is -3.41. The molecule has 2 rings (SSSR count). The second-order valence-electron chi connectivity index (χ2n) is 4.89. The number of nitrogens with zero attached hydrogens (tertiary/aromatic N) is 1. The molecule has 0 amide bonds. The van der Waals surface area contributed by atoms with Gasteiger partial charge in [-0.25, -0.2) is 18.1 Å². The average molecular weight is 283 g/mol. The summed E-state index contributed by atoms with van der Waals surface area (Å²) in [5.41, 5.74) is 0. The molecule has 2 N–H and O–H groups in total. The molecule has 106 valence electrons. The Hall–Kier alpha value is -1.14. The summed E-state index contributed by atoms with van der Waals surface area (Å²) in [6.07, 6.45) is 6.17. The van der Waals surface area contributed by atoms with Gasteiger partial charge in [-0.05, 0) is 31.7 Å². The number of hydrogen-bond donors (Lipinski definition) is 2. The first kappa shape index (κ1) is 14.3. The van der Waals surface area contributed by atoms with Crippen molar-refractivity contribution in [3.05, 3.63) is 18.3 Å². The SMILES string of the molecule is CCNc1cc(S(=O)(=O)NCCCC2CC2)ccn1. The predicted molar refractivity (Wildman–Crippen MR) is 75.5 cm³/mol. The highest BCUT2D eigenvalue weighted by Gasteiger charge is 2.21. The third-order valence-electron chi connectivity index (χ3n) is 3.18. The van der Waals surface area contributed by atoms with E-state index >= 15 is 0 Å². The first-order valence-electron chi connectivity index (χ1n) is 6.81. The topological polar surface area (TPSA) is 71.1 Å². The summed E-state index contributed by atoms with van der Waals surface area (Å²) in [7, 11) is -3.41. The van der Waals surface area contributed by atoms with Crippen LogP contribution in [-0.4, -0.2) is 26.5 Å². The van der Waals surface area contributed by atoms with Crippen LogP contribution in [0.25, 0.3) is 0 Å². The summed E-state index contributed by atoms with van der Waals surface area (Å²) in [5.74, 6) is 1.43. The van der Waals surface area contributed by atoms with Gasteiger partial charge >= 0.3 is 0 Å². The van der Waals surface area contributed by atoms with Gasteiger partial charge in [0.25, 0.3) is 0 Å². The van der Waals surface area contributed by atoms with E-state index in [1.807, 2.05) is 6.92 Å². The molecule has 0 spiro atoms. The van der Waals surface area contributed by atoms with Crippen molar-refractivity contribution in [2.45, 2.75) is 37.5 Å². The molecule has 1 aromatic rings. The number of rotatable bonds is 8. The Balaban J connectivity index is 1.91. The van der Waals surface area contributed by atoms with Gasteiger partial charge in [0.1, 0.15) is 5.82 Å². The van der Waals surface area contributed by atoms with E-state index in [1.54, 1.807) is 6.07 Å². The Kier molecular flexibility index (Phi) is 4.76. The zero-order chi connectivity index (χ0) is 13.7. The summed E-state index contributed by atoms with van der Waals surface area (Å²) in [5, 5.41) is 3.01. The van der Waals surface area contributed by atoms with Crippen LogP contribution in [0.4, 0.5) is 5.82 Å². The van der Waals surface area contributed by atoms with Gasteiger partial charge in [-0.3, -0.25) is 0 Å². The van der Waals surface area contributed by atoms with Crippen molar-refractivity contribution in [3.63, 3.8) is 0 Å². The van der Waals surface area contributed by atoms with E-state index in [1.165, 1.54) is 25.1 Å². The second-order valence-corrected chi connectivity index (χ2v) is 6.66. The summed E-state index contributed by atoms with van der Waals surface area (Å²) >= 11 is 0. The van der Waals surface area contributed by atoms with Crippen LogP contribution in [0, 0.1) is 5.92 Å². The monoisotopic (exact) mass is 283 g/mol. The molecule has 1 aromatic heterocycles. The van der Waals surface area contributed by atoms with Crippen LogP contribution < -0.4 is 10.0 Å². The van der Waals surface area contributed by atoms with Crippen LogP contribution in [0.1, 0.15) is 32.6 Å². The van der Waals surface area contributed by atoms with Gasteiger partial charge in [-0.2, -0.15) is 0 Å². The molecule has 1 aliphatic carbocycles. The molecule has 1 saturated carbocycles. The first-order chi connectivity index (χ1) is 9.12. The van der Waals surface area contributed by atoms with E-state index in [4.69, 9.17) is 0 Å². The lowest BCUT2D eigenvalue weighted by Crippen LogP contribution is -2.25. The maximum atomic E-state index is 12.1. The maximum Gasteiger partial charge on any atom is 0.240 e. The number of aromatic nitrogens is 1. The Morgan fingerprint density at radius 1 is 1.42 bits per heavy atom. The fourth-order valence-corrected chi connectivity index (χ4v) is 3.03. The minimum absolute atomic E-state index is 0.268. The Morgan fingerprint density at radius 2 is 2.21 bits per heavy atom. The molecule has 5 nitrogen and oxygen atoms in total. The van der Waals surface area contributed by atoms with E-state index in [2.05, 4.69) is 15.0 Å². The number of sulfonamides is 1. The van der Waals surface area contributed by atoms with Crippen LogP contribution in [-0.2, 0) is 10.0 Å². The van der Waals surface area contributed by atoms with Crippen molar-refractivity contribution < 1.29 is 8.42 Å². The zero-order valence-corrected chi connectivity index (χ0v) is 12.0. The van der Waals surface area contributed by atoms with Gasteiger partial charge in [0.15, 0.2) is 0 Å². The standard InChI is InChI=1S/C13H21N3O2S/c1-2-14-13-10-12(7-9-15-13)19(17,18)16-8-3-4-11-5-6-11/h7,9-11,16H,2-6,8H2,1H3,(H,14,15). The molecule has 19 heavy (non-hydrogen) atoms. The van der Waals surface area contributed by atoms with Crippen LogP contribution >= 0.6 is 0 Å². The molecule has 0 saturated heterocycles. The number of pyridine rings is 1. The molecule has 0 aromatic carbocycles. The summed E-state index contributed by atoms with van der Waals surface area (Å²) in [6, 6.07) is 3.08. The predicted octanol–water partition coefficient (Wildman–Crippen LogP) is 1.98. The van der Waals surface area contributed by atoms with E-state index in [0.29, 0.717) is 18.9 Å². The fourth-order valence-electron chi connectivity index (χ4n) is 1.94. The minimum Gasteiger partial charge on any atom is -0.370 e. The van der Waals surface area contributed by atoms with Crippen molar-refractivity contribution >= 4 is 15.8 Å². The highest BCUT2D eigenvalue weighted by atomic mass is 32.2. The smallest absolute Gasteiger partial charge is 0.240 e. The van der Waals surface area contributed by atoms with Gasteiger partial charge in [-0.1, -0.05) is 12.8 Å². The molecule has 0 radical (unpaired) electrons. The number of anilines is 1. The lowest BCUT2D eigenvalue weighted by Gasteiger charge is -2.08. The normalized spacial score (nSPS) is 15.4. The number of nitrogens with one attached hydrogen (secondary N) is 2. The summed E-state index contributed by atoms with van der Waals surface area (Å²) in [6.45, 7) is 3.17. The first-order valence-corrected chi connectivity index (χ1v) is 8.29. The molecule has 6 heteroatoms. The van der Waals surface area contributed by atoms with E-state index in [0.717, 1.165) is 18.8 Å². The van der Waals surface area contributed by atoms with E-state index in [-0.39, 0.29) is 4.90 Å². The third kappa shape index (κ3) is 4.47. The van der Waals surface area contributed by atoms with Gasteiger partial charge in [-0.15, -0.1) is 0 Å². The second kappa shape index (κ2) is 6.34. The Labute approximate surface area is 114 Å². The van der Waals surface area contributed by atoms with Gasteiger partial charge in [0.05, 0.1) is 4.90 Å². The van der Waals surface area contributed by atoms with Crippen LogP contribution in [0.3, 0.4) is 0 Å². The molecular formula is C13H21N3O2S. The molecule has 0 bridgehead atoms. The molecule has 0 unspecified atom stereocenters. The van der Waals surface area contributed by atoms with Crippen molar-refractivity contribution in [2.75, 3.05) is 18.4 Å². The molecule has 0 atom stereocenters. The molecule has 1 fully saturated rings. The van der Waals surface area contributed by atoms with Crippen LogP contribution in [0.5, 0.6) is 0 Å². The highest BCUT2D eigenvalue weighted by molar-refractivity contribution is 7.89. The quantitative estimate of drug-likeness (QED) is 0.716. The van der Waals surface area contributed by atoms with Crippen molar-refractivity contribution in [3.8, 4) is 0 Å². The van der Waals surface area contributed by atoms with Gasteiger partial charge < -0.3 is 5.32 Å². The third-order valence-corrected chi connectivity index (χ3v) is 4.64. The Bertz CT molecular complexity index is 512. The molecule has 1 aliphatic rings. The number of hydrogen-bond acceptors (Lipinski definition) is 4. The molecular weight excluding hydrogens is 262 g/mol. The average Bonchev–Trinajstić information content (AvgIpc) is 3.20. The van der Waals surface area contributed by atoms with E-state index < -0.39 is 10.0 Å². The van der Waals surface area contributed by atoms with Crippen molar-refractivity contribution in [1.82, 2.24) is 9.71 Å². The summed E-state index contributed by atoms with van der Waals surface area (Å²) < 4.78 is 26.8. The van der Waals surface area contributed by atoms with Crippen LogP contribution in [0.15, 0.2) is 23.2 Å². The molecule has 1 heterocycles. The van der Waals surface area contributed by atoms with Gasteiger partial charge in [0, 0.05) is 25.4 Å². The maximum absolute atomic E-state index is 12.1. The van der Waals surface area contributed by atoms with Crippen molar-refractivity contribution in [2.24, 2.45) is 5.92 Å². The summed E-state index contributed by atoms with van der Waals surface area (Å²) in [4.78, 5) is 4.34. The van der Waals surface area contributed by atoms with Gasteiger partial charge in [0.2, 0.25) is 10.0 Å². The van der Waals surface area contributed by atoms with Crippen LogP contribution in [0.2, 0.25) is 0 Å². The lowest BCUT2D eigenvalue weighted by molar-refractivity contribution is 0.572. The molecule has 0 aliphatic heterocycles. The highest BCUT2D eigenvalue weighted by Crippen LogP contribution is 2.33. The Morgan fingerprint density at radius 3 is 2.89 bits per heavy atom.